The Morgan fingerprint density at radius 1 is 1.19 bits per heavy atom. The smallest absolute Gasteiger partial charge is 0.335 e. The van der Waals surface area contributed by atoms with Crippen LogP contribution in [0.4, 0.5) is 0 Å². The Morgan fingerprint density at radius 3 is 2.71 bits per heavy atom. The molecule has 0 radical (unpaired) electrons. The van der Waals surface area contributed by atoms with E-state index in [0.29, 0.717) is 22.4 Å². The second-order valence-corrected chi connectivity index (χ2v) is 10.7. The summed E-state index contributed by atoms with van der Waals surface area (Å²) in [5.41, 5.74) is 4.19. The van der Waals surface area contributed by atoms with Crippen LogP contribution in [0, 0.1) is 16.7 Å². The molecule has 1 aromatic carbocycles. The second-order valence-electron chi connectivity index (χ2n) is 10.7. The highest BCUT2D eigenvalue weighted by molar-refractivity contribution is 5.87. The van der Waals surface area contributed by atoms with Crippen LogP contribution in [0.2, 0.25) is 0 Å². The molecule has 3 aliphatic carbocycles. The number of likely N-dealkylation sites (tertiary alicyclic amines) is 1. The van der Waals surface area contributed by atoms with Crippen LogP contribution < -0.4 is 5.32 Å². The summed E-state index contributed by atoms with van der Waals surface area (Å²) in [6, 6.07) is 8.03. The maximum atomic E-state index is 11.0. The van der Waals surface area contributed by atoms with Crippen molar-refractivity contribution in [3.63, 3.8) is 0 Å². The number of carboxylic acids is 1. The van der Waals surface area contributed by atoms with Gasteiger partial charge in [0.2, 0.25) is 0 Å². The number of fused-ring (bicyclic) bond motifs is 2. The van der Waals surface area contributed by atoms with Crippen molar-refractivity contribution in [2.75, 3.05) is 19.6 Å². The lowest BCUT2D eigenvalue weighted by Gasteiger charge is -2.43. The van der Waals surface area contributed by atoms with Gasteiger partial charge in [-0.2, -0.15) is 0 Å². The third-order valence-corrected chi connectivity index (χ3v) is 8.55. The van der Waals surface area contributed by atoms with Gasteiger partial charge in [-0.3, -0.25) is 4.90 Å². The lowest BCUT2D eigenvalue weighted by Crippen LogP contribution is -2.39. The van der Waals surface area contributed by atoms with Gasteiger partial charge in [0, 0.05) is 18.0 Å². The van der Waals surface area contributed by atoms with E-state index in [1.807, 2.05) is 12.1 Å². The first-order valence-electron chi connectivity index (χ1n) is 12.1. The largest absolute Gasteiger partial charge is 0.478 e. The molecule has 2 saturated carbocycles. The van der Waals surface area contributed by atoms with Crippen LogP contribution in [0.15, 0.2) is 48.1 Å². The Balaban J connectivity index is 1.09. The molecule has 1 spiro atoms. The van der Waals surface area contributed by atoms with Crippen LogP contribution in [-0.4, -0.2) is 41.7 Å². The minimum Gasteiger partial charge on any atom is -0.478 e. The van der Waals surface area contributed by atoms with Crippen molar-refractivity contribution in [1.29, 1.82) is 0 Å². The molecular formula is C27H36N2O2. The molecule has 166 valence electrons. The minimum atomic E-state index is -0.855. The van der Waals surface area contributed by atoms with E-state index in [1.165, 1.54) is 50.5 Å². The molecule has 4 heteroatoms. The van der Waals surface area contributed by atoms with E-state index >= 15 is 0 Å². The predicted molar refractivity (Wildman–Crippen MR) is 124 cm³/mol. The average molecular weight is 421 g/mol. The summed E-state index contributed by atoms with van der Waals surface area (Å²) < 4.78 is 0. The Hall–Kier alpha value is -1.91. The molecule has 3 atom stereocenters. The number of hydrogen-bond donors (Lipinski definition) is 2. The molecule has 1 saturated heterocycles. The third-order valence-electron chi connectivity index (χ3n) is 8.55. The number of rotatable bonds is 6. The Kier molecular flexibility index (Phi) is 5.56. The molecule has 1 aliphatic heterocycles. The molecule has 0 aromatic heterocycles. The summed E-state index contributed by atoms with van der Waals surface area (Å²) >= 11 is 0. The minimum absolute atomic E-state index is 0.365. The molecule has 31 heavy (non-hydrogen) atoms. The highest BCUT2D eigenvalue weighted by Crippen LogP contribution is 2.65. The number of benzene rings is 1. The van der Waals surface area contributed by atoms with E-state index in [-0.39, 0.29) is 0 Å². The summed E-state index contributed by atoms with van der Waals surface area (Å²) in [4.78, 5) is 13.5. The fraction of sp³-hybridized carbons (Fsp3) is 0.593. The number of carbonyl (C=O) groups is 1. The molecule has 3 fully saturated rings. The van der Waals surface area contributed by atoms with Crippen molar-refractivity contribution in [3.05, 3.63) is 59.2 Å². The summed E-state index contributed by atoms with van der Waals surface area (Å²) in [6.45, 7) is 6.84. The molecule has 1 aromatic rings. The first kappa shape index (κ1) is 21.0. The average Bonchev–Trinajstić information content (AvgIpc) is 3.46. The van der Waals surface area contributed by atoms with Gasteiger partial charge in [0.25, 0.3) is 0 Å². The lowest BCUT2D eigenvalue weighted by molar-refractivity contribution is 0.0697. The van der Waals surface area contributed by atoms with Crippen molar-refractivity contribution in [2.45, 2.75) is 64.5 Å². The van der Waals surface area contributed by atoms with E-state index in [1.54, 1.807) is 17.7 Å². The van der Waals surface area contributed by atoms with E-state index < -0.39 is 5.97 Å². The molecular weight excluding hydrogens is 384 g/mol. The number of piperidine rings is 1. The van der Waals surface area contributed by atoms with Crippen molar-refractivity contribution in [1.82, 2.24) is 10.2 Å². The first-order chi connectivity index (χ1) is 15.0. The topological polar surface area (TPSA) is 52.6 Å². The van der Waals surface area contributed by atoms with Gasteiger partial charge in [0.15, 0.2) is 0 Å². The Morgan fingerprint density at radius 2 is 1.97 bits per heavy atom. The molecule has 0 bridgehead atoms. The summed E-state index contributed by atoms with van der Waals surface area (Å²) in [7, 11) is 0. The van der Waals surface area contributed by atoms with Crippen LogP contribution in [-0.2, 0) is 6.54 Å². The number of carboxylic acid groups (broad SMARTS) is 1. The van der Waals surface area contributed by atoms with Gasteiger partial charge in [-0.1, -0.05) is 49.3 Å². The molecule has 3 unspecified atom stereocenters. The number of hydrogen-bond acceptors (Lipinski definition) is 3. The van der Waals surface area contributed by atoms with Crippen LogP contribution in [0.5, 0.6) is 0 Å². The van der Waals surface area contributed by atoms with Crippen molar-refractivity contribution >= 4 is 5.97 Å². The van der Waals surface area contributed by atoms with E-state index in [4.69, 9.17) is 5.11 Å². The lowest BCUT2D eigenvalue weighted by atomic mass is 9.61. The van der Waals surface area contributed by atoms with Gasteiger partial charge in [-0.05, 0) is 87.2 Å². The maximum Gasteiger partial charge on any atom is 0.335 e. The van der Waals surface area contributed by atoms with Gasteiger partial charge >= 0.3 is 5.97 Å². The van der Waals surface area contributed by atoms with Crippen LogP contribution in [0.3, 0.4) is 0 Å². The first-order valence-corrected chi connectivity index (χ1v) is 12.1. The number of allylic oxidation sites excluding steroid dienone is 3. The van der Waals surface area contributed by atoms with Gasteiger partial charge in [-0.15, -0.1) is 0 Å². The highest BCUT2D eigenvalue weighted by Gasteiger charge is 2.61. The van der Waals surface area contributed by atoms with Gasteiger partial charge in [0.05, 0.1) is 5.56 Å². The fourth-order valence-corrected chi connectivity index (χ4v) is 6.55. The highest BCUT2D eigenvalue weighted by atomic mass is 16.4. The normalized spacial score (nSPS) is 33.2. The summed E-state index contributed by atoms with van der Waals surface area (Å²) in [6.07, 6.45) is 16.3. The quantitative estimate of drug-likeness (QED) is 0.678. The number of aromatic carboxylic acids is 1. The van der Waals surface area contributed by atoms with Crippen molar-refractivity contribution < 1.29 is 9.90 Å². The maximum absolute atomic E-state index is 11.0. The van der Waals surface area contributed by atoms with E-state index in [9.17, 15) is 4.79 Å². The van der Waals surface area contributed by atoms with Gasteiger partial charge in [0.1, 0.15) is 0 Å². The predicted octanol–water partition coefficient (Wildman–Crippen LogP) is 5.02. The summed E-state index contributed by atoms with van der Waals surface area (Å²) in [5, 5.41) is 13.0. The van der Waals surface area contributed by atoms with Gasteiger partial charge < -0.3 is 10.4 Å². The molecule has 0 amide bonds. The number of nitrogens with one attached hydrogen (secondary N) is 1. The van der Waals surface area contributed by atoms with Gasteiger partial charge in [-0.25, -0.2) is 4.79 Å². The monoisotopic (exact) mass is 420 g/mol. The van der Waals surface area contributed by atoms with E-state index in [2.05, 4.69) is 35.4 Å². The van der Waals surface area contributed by atoms with Crippen molar-refractivity contribution in [2.24, 2.45) is 16.7 Å². The SMILES string of the molecule is CC12CC=CC=C1C1(CCC2)CC1NCC1CCN(Cc2ccc(C(=O)O)cc2)CC1. The van der Waals surface area contributed by atoms with Crippen molar-refractivity contribution in [3.8, 4) is 0 Å². The standard InChI is InChI=1S/C27H36N2O2/c1-26-12-3-2-5-23(26)27(14-4-13-26)17-24(27)28-18-20-10-15-29(16-11-20)19-21-6-8-22(9-7-21)25(30)31/h2-3,5-9,20,24,28H,4,10-19H2,1H3,(H,30,31). The second kappa shape index (κ2) is 8.22. The zero-order valence-corrected chi connectivity index (χ0v) is 18.8. The molecule has 2 N–H and O–H groups in total. The Labute approximate surface area is 186 Å². The molecule has 1 heterocycles. The fourth-order valence-electron chi connectivity index (χ4n) is 6.55. The zero-order valence-electron chi connectivity index (χ0n) is 18.8. The number of nitrogens with zero attached hydrogens (tertiary/aromatic N) is 1. The molecule has 5 rings (SSSR count). The van der Waals surface area contributed by atoms with Crippen LogP contribution in [0.25, 0.3) is 0 Å². The Bertz CT molecular complexity index is 881. The third kappa shape index (κ3) is 4.12. The molecule has 4 nitrogen and oxygen atoms in total. The molecule has 4 aliphatic rings. The van der Waals surface area contributed by atoms with Crippen LogP contribution >= 0.6 is 0 Å². The van der Waals surface area contributed by atoms with E-state index in [0.717, 1.165) is 32.1 Å². The van der Waals surface area contributed by atoms with Crippen LogP contribution in [0.1, 0.15) is 67.8 Å². The zero-order chi connectivity index (χ0) is 21.5. The summed E-state index contributed by atoms with van der Waals surface area (Å²) in [5.74, 6) is -0.0788.